The van der Waals surface area contributed by atoms with E-state index in [2.05, 4.69) is 17.6 Å². The molecule has 3 amide bonds. The Morgan fingerprint density at radius 1 is 0.921 bits per heavy atom. The number of rotatable bonds is 9. The van der Waals surface area contributed by atoms with E-state index >= 15 is 0 Å². The van der Waals surface area contributed by atoms with E-state index < -0.39 is 0 Å². The first-order chi connectivity index (χ1) is 18.5. The SMILES string of the molecule is CCCCOc1ccc(C(=O)N2CCC[C@@H](C(=O)N[C@@H]3CCCC[C@H]3NC(=O)c3ccccc3C)C2)cc1. The average molecular weight is 520 g/mol. The summed E-state index contributed by atoms with van der Waals surface area (Å²) in [5.74, 6) is 0.347. The van der Waals surface area contributed by atoms with Gasteiger partial charge in [-0.3, -0.25) is 14.4 Å². The molecule has 2 aliphatic rings. The van der Waals surface area contributed by atoms with Gasteiger partial charge in [-0.2, -0.15) is 0 Å². The molecule has 0 unspecified atom stereocenters. The van der Waals surface area contributed by atoms with Crippen molar-refractivity contribution in [2.75, 3.05) is 19.7 Å². The molecule has 0 bridgehead atoms. The Morgan fingerprint density at radius 2 is 1.63 bits per heavy atom. The average Bonchev–Trinajstić information content (AvgIpc) is 2.94. The molecule has 3 atom stereocenters. The van der Waals surface area contributed by atoms with Crippen molar-refractivity contribution < 1.29 is 19.1 Å². The van der Waals surface area contributed by atoms with Gasteiger partial charge in [-0.25, -0.2) is 0 Å². The Morgan fingerprint density at radius 3 is 2.34 bits per heavy atom. The van der Waals surface area contributed by atoms with Crippen molar-refractivity contribution in [2.24, 2.45) is 5.92 Å². The second-order valence-corrected chi connectivity index (χ2v) is 10.6. The molecule has 1 aliphatic heterocycles. The number of piperidine rings is 1. The summed E-state index contributed by atoms with van der Waals surface area (Å²) in [6.45, 7) is 5.78. The van der Waals surface area contributed by atoms with Crippen LogP contribution in [0.4, 0.5) is 0 Å². The summed E-state index contributed by atoms with van der Waals surface area (Å²) < 4.78 is 5.71. The number of benzene rings is 2. The molecule has 1 aliphatic carbocycles. The van der Waals surface area contributed by atoms with Crippen LogP contribution in [-0.2, 0) is 4.79 Å². The van der Waals surface area contributed by atoms with E-state index in [1.165, 1.54) is 0 Å². The van der Waals surface area contributed by atoms with E-state index in [0.717, 1.165) is 62.7 Å². The first-order valence-electron chi connectivity index (χ1n) is 14.1. The molecule has 1 saturated heterocycles. The number of aryl methyl sites for hydroxylation is 1. The largest absolute Gasteiger partial charge is 0.494 e. The number of unbranched alkanes of at least 4 members (excludes halogenated alkanes) is 1. The lowest BCUT2D eigenvalue weighted by atomic mass is 9.88. The van der Waals surface area contributed by atoms with Gasteiger partial charge in [0.05, 0.1) is 12.5 Å². The number of likely N-dealkylation sites (tertiary alicyclic amines) is 1. The third-order valence-electron chi connectivity index (χ3n) is 7.75. The van der Waals surface area contributed by atoms with Crippen molar-refractivity contribution in [3.63, 3.8) is 0 Å². The first-order valence-corrected chi connectivity index (χ1v) is 14.1. The molecular weight excluding hydrogens is 478 g/mol. The highest BCUT2D eigenvalue weighted by atomic mass is 16.5. The van der Waals surface area contributed by atoms with Crippen molar-refractivity contribution in [1.29, 1.82) is 0 Å². The second-order valence-electron chi connectivity index (χ2n) is 10.6. The maximum absolute atomic E-state index is 13.3. The Kier molecular flexibility index (Phi) is 9.79. The van der Waals surface area contributed by atoms with E-state index in [4.69, 9.17) is 4.74 Å². The summed E-state index contributed by atoms with van der Waals surface area (Å²) in [4.78, 5) is 41.2. The molecule has 7 nitrogen and oxygen atoms in total. The van der Waals surface area contributed by atoms with Crippen LogP contribution in [0.15, 0.2) is 48.5 Å². The highest BCUT2D eigenvalue weighted by Gasteiger charge is 2.33. The quantitative estimate of drug-likeness (QED) is 0.462. The molecule has 1 heterocycles. The highest BCUT2D eigenvalue weighted by Crippen LogP contribution is 2.23. The third-order valence-corrected chi connectivity index (χ3v) is 7.75. The predicted octanol–water partition coefficient (Wildman–Crippen LogP) is 4.88. The Labute approximate surface area is 226 Å². The summed E-state index contributed by atoms with van der Waals surface area (Å²) in [6.07, 6.45) is 7.35. The lowest BCUT2D eigenvalue weighted by molar-refractivity contribution is -0.127. The van der Waals surface area contributed by atoms with Crippen LogP contribution in [-0.4, -0.2) is 54.4 Å². The molecule has 4 rings (SSSR count). The molecule has 2 aromatic rings. The zero-order valence-electron chi connectivity index (χ0n) is 22.7. The van der Waals surface area contributed by atoms with Gasteiger partial charge < -0.3 is 20.3 Å². The van der Waals surface area contributed by atoms with E-state index in [9.17, 15) is 14.4 Å². The normalized spacial score (nSPS) is 21.4. The van der Waals surface area contributed by atoms with E-state index in [0.29, 0.717) is 30.8 Å². The third kappa shape index (κ3) is 7.15. The van der Waals surface area contributed by atoms with Gasteiger partial charge in [-0.1, -0.05) is 44.4 Å². The van der Waals surface area contributed by atoms with Crippen molar-refractivity contribution >= 4 is 17.7 Å². The summed E-state index contributed by atoms with van der Waals surface area (Å²) in [6, 6.07) is 14.6. The molecule has 2 aromatic carbocycles. The number of carbonyl (C=O) groups is 3. The van der Waals surface area contributed by atoms with Crippen LogP contribution in [0.3, 0.4) is 0 Å². The summed E-state index contributed by atoms with van der Waals surface area (Å²) in [5.41, 5.74) is 2.22. The van der Waals surface area contributed by atoms with Crippen LogP contribution in [0.25, 0.3) is 0 Å². The smallest absolute Gasteiger partial charge is 0.253 e. The van der Waals surface area contributed by atoms with Gasteiger partial charge >= 0.3 is 0 Å². The molecule has 2 N–H and O–H groups in total. The number of amides is 3. The molecule has 38 heavy (non-hydrogen) atoms. The maximum Gasteiger partial charge on any atom is 0.253 e. The minimum absolute atomic E-state index is 0.0239. The van der Waals surface area contributed by atoms with Gasteiger partial charge in [0.25, 0.3) is 11.8 Å². The predicted molar refractivity (Wildman–Crippen MR) is 148 cm³/mol. The first kappa shape index (κ1) is 27.7. The van der Waals surface area contributed by atoms with Crippen LogP contribution in [0, 0.1) is 12.8 Å². The zero-order valence-corrected chi connectivity index (χ0v) is 22.7. The summed E-state index contributed by atoms with van der Waals surface area (Å²) in [7, 11) is 0. The summed E-state index contributed by atoms with van der Waals surface area (Å²) in [5, 5.41) is 6.41. The fourth-order valence-corrected chi connectivity index (χ4v) is 5.44. The number of nitrogens with one attached hydrogen (secondary N) is 2. The Bertz CT molecular complexity index is 1100. The molecule has 2 fully saturated rings. The molecule has 1 saturated carbocycles. The number of hydrogen-bond acceptors (Lipinski definition) is 4. The minimum atomic E-state index is -0.251. The van der Waals surface area contributed by atoms with Crippen LogP contribution >= 0.6 is 0 Å². The van der Waals surface area contributed by atoms with Crippen LogP contribution in [0.1, 0.15) is 84.6 Å². The lowest BCUT2D eigenvalue weighted by Gasteiger charge is -2.36. The van der Waals surface area contributed by atoms with Gasteiger partial charge in [-0.05, 0) is 74.9 Å². The van der Waals surface area contributed by atoms with Gasteiger partial charge in [0.15, 0.2) is 0 Å². The molecular formula is C31H41N3O4. The van der Waals surface area contributed by atoms with Gasteiger partial charge in [0.1, 0.15) is 5.75 Å². The molecule has 0 radical (unpaired) electrons. The van der Waals surface area contributed by atoms with Crippen molar-refractivity contribution in [1.82, 2.24) is 15.5 Å². The monoisotopic (exact) mass is 519 g/mol. The number of nitrogens with zero attached hydrogens (tertiary/aromatic N) is 1. The van der Waals surface area contributed by atoms with E-state index in [1.54, 1.807) is 17.0 Å². The van der Waals surface area contributed by atoms with Crippen LogP contribution in [0.5, 0.6) is 5.75 Å². The van der Waals surface area contributed by atoms with Crippen LogP contribution < -0.4 is 15.4 Å². The second kappa shape index (κ2) is 13.4. The van der Waals surface area contributed by atoms with Crippen LogP contribution in [0.2, 0.25) is 0 Å². The highest BCUT2D eigenvalue weighted by molar-refractivity contribution is 5.96. The van der Waals surface area contributed by atoms with E-state index in [1.807, 2.05) is 43.3 Å². The van der Waals surface area contributed by atoms with E-state index in [-0.39, 0.29) is 35.7 Å². The van der Waals surface area contributed by atoms with Gasteiger partial charge in [0, 0.05) is 36.3 Å². The standard InChI is InChI=1S/C31H41N3O4/c1-3-4-20-38-25-17-15-23(16-18-25)31(37)34-19-9-11-24(21-34)29(35)32-27-13-7-8-14-28(27)33-30(36)26-12-6-5-10-22(26)2/h5-6,10,12,15-18,24,27-28H,3-4,7-9,11,13-14,19-21H2,1-2H3,(H,32,35)(H,33,36)/t24-,27-,28-/m1/s1. The number of ether oxygens (including phenoxy) is 1. The number of hydrogen-bond donors (Lipinski definition) is 2. The van der Waals surface area contributed by atoms with Gasteiger partial charge in [0.2, 0.25) is 5.91 Å². The number of carbonyl (C=O) groups excluding carboxylic acids is 3. The van der Waals surface area contributed by atoms with Crippen molar-refractivity contribution in [2.45, 2.75) is 77.3 Å². The zero-order chi connectivity index (χ0) is 26.9. The Balaban J connectivity index is 1.33. The van der Waals surface area contributed by atoms with Crippen molar-refractivity contribution in [3.05, 3.63) is 65.2 Å². The lowest BCUT2D eigenvalue weighted by Crippen LogP contribution is -2.55. The summed E-state index contributed by atoms with van der Waals surface area (Å²) >= 11 is 0. The van der Waals surface area contributed by atoms with Crippen molar-refractivity contribution in [3.8, 4) is 5.75 Å². The van der Waals surface area contributed by atoms with Gasteiger partial charge in [-0.15, -0.1) is 0 Å². The molecule has 7 heteroatoms. The topological polar surface area (TPSA) is 87.7 Å². The Hall–Kier alpha value is -3.35. The molecule has 204 valence electrons. The maximum atomic E-state index is 13.3. The molecule has 0 spiro atoms. The fraction of sp³-hybridized carbons (Fsp3) is 0.516. The fourth-order valence-electron chi connectivity index (χ4n) is 5.44. The minimum Gasteiger partial charge on any atom is -0.494 e. The molecule has 0 aromatic heterocycles.